The summed E-state index contributed by atoms with van der Waals surface area (Å²) in [6.07, 6.45) is 2.90. The Balaban J connectivity index is 2.83. The summed E-state index contributed by atoms with van der Waals surface area (Å²) in [7, 11) is 3.13. The molecular formula is C8H10BN3O2S. The third-order valence-corrected chi connectivity index (χ3v) is 2.52. The van der Waals surface area contributed by atoms with Crippen LogP contribution in [0.4, 0.5) is 0 Å². The molecule has 0 fully saturated rings. The van der Waals surface area contributed by atoms with Crippen molar-refractivity contribution in [1.82, 2.24) is 4.98 Å². The minimum absolute atomic E-state index is 0.102. The summed E-state index contributed by atoms with van der Waals surface area (Å²) < 4.78 is 5.41. The zero-order valence-corrected chi connectivity index (χ0v) is 9.22. The molecule has 0 aliphatic heterocycles. The normalized spacial score (nSPS) is 11.1. The molecule has 7 heteroatoms. The van der Waals surface area contributed by atoms with E-state index in [9.17, 15) is 4.79 Å². The SMILES string of the molecule is Bc1cnc(C(=N)/C=C(\N)C(=O)OC)s1. The van der Waals surface area contributed by atoms with Gasteiger partial charge in [0.05, 0.1) is 12.8 Å². The van der Waals surface area contributed by atoms with Crippen molar-refractivity contribution in [1.29, 1.82) is 5.41 Å². The molecule has 0 saturated heterocycles. The summed E-state index contributed by atoms with van der Waals surface area (Å²) in [5, 5.41) is 8.15. The van der Waals surface area contributed by atoms with E-state index in [-0.39, 0.29) is 11.4 Å². The molecule has 15 heavy (non-hydrogen) atoms. The van der Waals surface area contributed by atoms with E-state index in [2.05, 4.69) is 9.72 Å². The van der Waals surface area contributed by atoms with Crippen LogP contribution in [0, 0.1) is 5.41 Å². The van der Waals surface area contributed by atoms with E-state index >= 15 is 0 Å². The summed E-state index contributed by atoms with van der Waals surface area (Å²) in [4.78, 5) is 15.0. The van der Waals surface area contributed by atoms with Gasteiger partial charge in [0.25, 0.3) is 0 Å². The summed E-state index contributed by atoms with van der Waals surface area (Å²) in [5.74, 6) is -0.645. The van der Waals surface area contributed by atoms with Crippen LogP contribution < -0.4 is 10.5 Å². The Morgan fingerprint density at radius 1 is 1.80 bits per heavy atom. The van der Waals surface area contributed by atoms with E-state index in [1.165, 1.54) is 24.5 Å². The lowest BCUT2D eigenvalue weighted by Gasteiger charge is -1.98. The van der Waals surface area contributed by atoms with E-state index in [0.717, 1.165) is 4.78 Å². The van der Waals surface area contributed by atoms with Gasteiger partial charge in [-0.25, -0.2) is 9.78 Å². The van der Waals surface area contributed by atoms with Crippen molar-refractivity contribution in [3.8, 4) is 0 Å². The van der Waals surface area contributed by atoms with Crippen LogP contribution in [0.1, 0.15) is 5.01 Å². The molecule has 0 atom stereocenters. The number of carbonyl (C=O) groups is 1. The van der Waals surface area contributed by atoms with Crippen molar-refractivity contribution in [3.63, 3.8) is 0 Å². The molecular weight excluding hydrogens is 213 g/mol. The molecule has 0 amide bonds. The molecule has 1 rings (SSSR count). The monoisotopic (exact) mass is 223 g/mol. The van der Waals surface area contributed by atoms with E-state index in [1.807, 2.05) is 7.85 Å². The smallest absolute Gasteiger partial charge is 0.353 e. The van der Waals surface area contributed by atoms with Crippen LogP contribution in [0.15, 0.2) is 18.0 Å². The van der Waals surface area contributed by atoms with E-state index in [1.54, 1.807) is 6.20 Å². The topological polar surface area (TPSA) is 89.1 Å². The van der Waals surface area contributed by atoms with Crippen LogP contribution in [-0.4, -0.2) is 31.6 Å². The molecule has 0 aliphatic rings. The quantitative estimate of drug-likeness (QED) is 0.291. The van der Waals surface area contributed by atoms with E-state index < -0.39 is 5.97 Å². The Morgan fingerprint density at radius 2 is 2.47 bits per heavy atom. The van der Waals surface area contributed by atoms with Gasteiger partial charge in [-0.15, -0.1) is 11.3 Å². The molecule has 0 aromatic carbocycles. The highest BCUT2D eigenvalue weighted by Gasteiger charge is 2.08. The first-order valence-electron chi connectivity index (χ1n) is 4.11. The summed E-state index contributed by atoms with van der Waals surface area (Å²) in [6, 6.07) is 0. The molecule has 1 aromatic heterocycles. The first-order chi connectivity index (χ1) is 7.04. The van der Waals surface area contributed by atoms with Crippen LogP contribution in [0.2, 0.25) is 0 Å². The molecule has 0 radical (unpaired) electrons. The zero-order chi connectivity index (χ0) is 11.4. The molecule has 1 heterocycles. The second kappa shape index (κ2) is 4.74. The van der Waals surface area contributed by atoms with Gasteiger partial charge in [-0.3, -0.25) is 5.41 Å². The van der Waals surface area contributed by atoms with Gasteiger partial charge in [-0.05, 0) is 10.9 Å². The number of ether oxygens (including phenoxy) is 1. The Morgan fingerprint density at radius 3 is 2.93 bits per heavy atom. The van der Waals surface area contributed by atoms with E-state index in [4.69, 9.17) is 11.1 Å². The Labute approximate surface area is 91.9 Å². The number of esters is 1. The Bertz CT molecular complexity index is 427. The standard InChI is InChI=1S/C8H10BN3O2S/c1-14-8(13)5(11)2-4(10)7-12-3-6(9)15-7/h2-3,10H,9,11H2,1H3/b5-2-,10-4?. The van der Waals surface area contributed by atoms with Crippen LogP contribution in [0.25, 0.3) is 0 Å². The fraction of sp³-hybridized carbons (Fsp3) is 0.125. The number of hydrogen-bond acceptors (Lipinski definition) is 6. The van der Waals surface area contributed by atoms with Crippen molar-refractivity contribution in [2.24, 2.45) is 5.73 Å². The van der Waals surface area contributed by atoms with Crippen molar-refractivity contribution >= 4 is 35.6 Å². The number of methoxy groups -OCH3 is 1. The maximum Gasteiger partial charge on any atom is 0.353 e. The highest BCUT2D eigenvalue weighted by atomic mass is 32.1. The molecule has 0 spiro atoms. The number of rotatable bonds is 3. The maximum atomic E-state index is 11.0. The molecule has 0 unspecified atom stereocenters. The molecule has 5 nitrogen and oxygen atoms in total. The fourth-order valence-corrected chi connectivity index (χ4v) is 1.56. The number of nitrogens with one attached hydrogen (secondary N) is 1. The number of nitrogens with two attached hydrogens (primary N) is 1. The molecule has 0 saturated carbocycles. The number of carbonyl (C=O) groups excluding carboxylic acids is 1. The minimum atomic E-state index is -0.645. The first kappa shape index (κ1) is 11.4. The fourth-order valence-electron chi connectivity index (χ4n) is 0.873. The summed E-state index contributed by atoms with van der Waals surface area (Å²) >= 11 is 1.37. The highest BCUT2D eigenvalue weighted by Crippen LogP contribution is 2.04. The lowest BCUT2D eigenvalue weighted by atomic mass is 10.1. The highest BCUT2D eigenvalue weighted by molar-refractivity contribution is 7.21. The van der Waals surface area contributed by atoms with Crippen LogP contribution >= 0.6 is 11.3 Å². The number of aromatic nitrogens is 1. The maximum absolute atomic E-state index is 11.0. The van der Waals surface area contributed by atoms with Gasteiger partial charge in [-0.2, -0.15) is 0 Å². The third-order valence-electron chi connectivity index (χ3n) is 1.57. The third kappa shape index (κ3) is 2.92. The van der Waals surface area contributed by atoms with Gasteiger partial charge in [0.15, 0.2) is 7.85 Å². The van der Waals surface area contributed by atoms with Gasteiger partial charge in [0, 0.05) is 6.20 Å². The predicted octanol–water partition coefficient (Wildman–Crippen LogP) is -1.22. The second-order valence-electron chi connectivity index (χ2n) is 2.78. The van der Waals surface area contributed by atoms with Crippen LogP contribution in [0.5, 0.6) is 0 Å². The lowest BCUT2D eigenvalue weighted by molar-refractivity contribution is -0.136. The van der Waals surface area contributed by atoms with Gasteiger partial charge < -0.3 is 10.5 Å². The molecule has 78 valence electrons. The average molecular weight is 223 g/mol. The lowest BCUT2D eigenvalue weighted by Crippen LogP contribution is -2.14. The Hall–Kier alpha value is -1.63. The van der Waals surface area contributed by atoms with Crippen molar-refractivity contribution < 1.29 is 9.53 Å². The van der Waals surface area contributed by atoms with Crippen molar-refractivity contribution in [2.75, 3.05) is 7.11 Å². The van der Waals surface area contributed by atoms with Gasteiger partial charge >= 0.3 is 5.97 Å². The van der Waals surface area contributed by atoms with Crippen LogP contribution in [-0.2, 0) is 9.53 Å². The molecule has 3 N–H and O–H groups in total. The first-order valence-corrected chi connectivity index (χ1v) is 4.93. The summed E-state index contributed by atoms with van der Waals surface area (Å²) in [5.41, 5.74) is 5.40. The van der Waals surface area contributed by atoms with Crippen molar-refractivity contribution in [2.45, 2.75) is 0 Å². The molecule has 0 aliphatic carbocycles. The van der Waals surface area contributed by atoms with Gasteiger partial charge in [0.2, 0.25) is 0 Å². The molecule has 1 aromatic rings. The zero-order valence-electron chi connectivity index (χ0n) is 8.40. The van der Waals surface area contributed by atoms with Crippen molar-refractivity contribution in [3.05, 3.63) is 23.0 Å². The van der Waals surface area contributed by atoms with E-state index in [0.29, 0.717) is 5.01 Å². The average Bonchev–Trinajstić information content (AvgIpc) is 2.63. The summed E-state index contributed by atoms with van der Waals surface area (Å²) in [6.45, 7) is 0. The molecule has 0 bridgehead atoms. The van der Waals surface area contributed by atoms with Gasteiger partial charge in [0.1, 0.15) is 10.7 Å². The van der Waals surface area contributed by atoms with Crippen LogP contribution in [0.3, 0.4) is 0 Å². The Kier molecular flexibility index (Phi) is 3.62. The predicted molar refractivity (Wildman–Crippen MR) is 61.4 cm³/mol. The largest absolute Gasteiger partial charge is 0.464 e. The minimum Gasteiger partial charge on any atom is -0.464 e. The second-order valence-corrected chi connectivity index (χ2v) is 4.02. The number of allylic oxidation sites excluding steroid dienone is 1. The van der Waals surface area contributed by atoms with Gasteiger partial charge in [-0.1, -0.05) is 0 Å². The number of hydrogen-bond donors (Lipinski definition) is 2. The number of thiazole rings is 1. The number of nitrogens with zero attached hydrogens (tertiary/aromatic N) is 1.